The number of nitrogens with zero attached hydrogens (tertiary/aromatic N) is 1. The summed E-state index contributed by atoms with van der Waals surface area (Å²) in [5.41, 5.74) is 0.206. The minimum Gasteiger partial charge on any atom is -0.300 e. The molecular formula is C15H22FNO. The van der Waals surface area contributed by atoms with E-state index in [1.54, 1.807) is 18.2 Å². The van der Waals surface area contributed by atoms with Gasteiger partial charge < -0.3 is 4.90 Å². The Morgan fingerprint density at radius 3 is 2.50 bits per heavy atom. The summed E-state index contributed by atoms with van der Waals surface area (Å²) in [6.07, 6.45) is 1.44. The number of ketones is 1. The molecule has 0 aliphatic carbocycles. The first-order valence-electron chi connectivity index (χ1n) is 6.58. The van der Waals surface area contributed by atoms with Crippen LogP contribution in [0.4, 0.5) is 4.39 Å². The van der Waals surface area contributed by atoms with E-state index in [1.165, 1.54) is 6.07 Å². The lowest BCUT2D eigenvalue weighted by atomic mass is 10.1. The van der Waals surface area contributed by atoms with Crippen molar-refractivity contribution in [1.82, 2.24) is 4.90 Å². The van der Waals surface area contributed by atoms with Crippen molar-refractivity contribution in [3.8, 4) is 0 Å². The Morgan fingerprint density at radius 1 is 1.28 bits per heavy atom. The van der Waals surface area contributed by atoms with Gasteiger partial charge in [0, 0.05) is 19.0 Å². The van der Waals surface area contributed by atoms with E-state index >= 15 is 0 Å². The average Bonchev–Trinajstić information content (AvgIpc) is 2.34. The minimum absolute atomic E-state index is 0.116. The normalized spacial score (nSPS) is 11.2. The van der Waals surface area contributed by atoms with Crippen molar-refractivity contribution >= 4 is 5.78 Å². The second kappa shape index (κ2) is 7.27. The third-order valence-corrected chi connectivity index (χ3v) is 3.04. The van der Waals surface area contributed by atoms with E-state index < -0.39 is 5.82 Å². The summed E-state index contributed by atoms with van der Waals surface area (Å²) in [5.74, 6) is -0.538. The summed E-state index contributed by atoms with van der Waals surface area (Å²) < 4.78 is 13.4. The molecule has 1 aromatic rings. The minimum atomic E-state index is -0.422. The first-order valence-corrected chi connectivity index (χ1v) is 6.58. The number of benzene rings is 1. The van der Waals surface area contributed by atoms with E-state index in [-0.39, 0.29) is 11.3 Å². The number of carbonyl (C=O) groups is 1. The summed E-state index contributed by atoms with van der Waals surface area (Å²) in [6, 6.07) is 6.60. The van der Waals surface area contributed by atoms with E-state index in [0.29, 0.717) is 19.0 Å². The quantitative estimate of drug-likeness (QED) is 0.691. The van der Waals surface area contributed by atoms with E-state index in [0.717, 1.165) is 13.0 Å². The van der Waals surface area contributed by atoms with Crippen LogP contribution >= 0.6 is 0 Å². The van der Waals surface area contributed by atoms with Gasteiger partial charge in [-0.25, -0.2) is 4.39 Å². The van der Waals surface area contributed by atoms with Crippen molar-refractivity contribution < 1.29 is 9.18 Å². The van der Waals surface area contributed by atoms with Crippen LogP contribution in [0.3, 0.4) is 0 Å². The molecule has 3 heteroatoms. The van der Waals surface area contributed by atoms with E-state index in [4.69, 9.17) is 0 Å². The number of halogens is 1. The van der Waals surface area contributed by atoms with Crippen LogP contribution in [0.1, 0.15) is 44.0 Å². The number of Topliss-reactive ketones (excluding diaryl/α,β-unsaturated/α-hetero) is 1. The largest absolute Gasteiger partial charge is 0.300 e. The lowest BCUT2D eigenvalue weighted by molar-refractivity contribution is 0.0952. The summed E-state index contributed by atoms with van der Waals surface area (Å²) in [6.45, 7) is 8.02. The fourth-order valence-electron chi connectivity index (χ4n) is 1.98. The van der Waals surface area contributed by atoms with Gasteiger partial charge >= 0.3 is 0 Å². The summed E-state index contributed by atoms with van der Waals surface area (Å²) in [4.78, 5) is 14.2. The van der Waals surface area contributed by atoms with Gasteiger partial charge in [-0.2, -0.15) is 0 Å². The lowest BCUT2D eigenvalue weighted by Gasteiger charge is -2.25. The predicted molar refractivity (Wildman–Crippen MR) is 72.3 cm³/mol. The number of rotatable bonds is 7. The van der Waals surface area contributed by atoms with Crippen molar-refractivity contribution in [2.75, 3.05) is 13.1 Å². The maximum atomic E-state index is 13.4. The molecule has 1 aromatic carbocycles. The molecule has 0 radical (unpaired) electrons. The molecule has 2 nitrogen and oxygen atoms in total. The van der Waals surface area contributed by atoms with Gasteiger partial charge in [-0.15, -0.1) is 0 Å². The smallest absolute Gasteiger partial charge is 0.167 e. The van der Waals surface area contributed by atoms with Gasteiger partial charge in [-0.1, -0.05) is 19.1 Å². The summed E-state index contributed by atoms with van der Waals surface area (Å²) >= 11 is 0. The summed E-state index contributed by atoms with van der Waals surface area (Å²) in [5, 5.41) is 0. The molecule has 0 atom stereocenters. The Balaban J connectivity index is 2.58. The molecule has 0 aliphatic rings. The standard InChI is InChI=1S/C15H22FNO/c1-4-10-17(12(2)3)11-9-15(18)13-7-5-6-8-14(13)16/h5-8,12H,4,9-11H2,1-3H3. The number of hydrogen-bond donors (Lipinski definition) is 0. The Kier molecular flexibility index (Phi) is 5.99. The highest BCUT2D eigenvalue weighted by Crippen LogP contribution is 2.10. The van der Waals surface area contributed by atoms with Crippen LogP contribution in [-0.2, 0) is 0 Å². The van der Waals surface area contributed by atoms with Gasteiger partial charge in [0.15, 0.2) is 5.78 Å². The maximum Gasteiger partial charge on any atom is 0.167 e. The van der Waals surface area contributed by atoms with E-state index in [9.17, 15) is 9.18 Å². The Hall–Kier alpha value is -1.22. The molecule has 0 heterocycles. The van der Waals surface area contributed by atoms with Crippen molar-refractivity contribution in [1.29, 1.82) is 0 Å². The van der Waals surface area contributed by atoms with E-state index in [1.807, 2.05) is 0 Å². The SMILES string of the molecule is CCCN(CCC(=O)c1ccccc1F)C(C)C. The fourth-order valence-corrected chi connectivity index (χ4v) is 1.98. The van der Waals surface area contributed by atoms with Crippen LogP contribution < -0.4 is 0 Å². The zero-order valence-electron chi connectivity index (χ0n) is 11.4. The van der Waals surface area contributed by atoms with Crippen LogP contribution in [0.15, 0.2) is 24.3 Å². The molecule has 100 valence electrons. The van der Waals surface area contributed by atoms with Crippen LogP contribution in [0.5, 0.6) is 0 Å². The highest BCUT2D eigenvalue weighted by Gasteiger charge is 2.14. The van der Waals surface area contributed by atoms with Gasteiger partial charge in [-0.05, 0) is 38.9 Å². The fraction of sp³-hybridized carbons (Fsp3) is 0.533. The molecule has 18 heavy (non-hydrogen) atoms. The van der Waals surface area contributed by atoms with E-state index in [2.05, 4.69) is 25.7 Å². The molecule has 0 aromatic heterocycles. The molecule has 0 unspecified atom stereocenters. The molecule has 0 aliphatic heterocycles. The second-order valence-corrected chi connectivity index (χ2v) is 4.78. The molecule has 0 amide bonds. The van der Waals surface area contributed by atoms with Crippen LogP contribution in [0.2, 0.25) is 0 Å². The Bertz CT molecular complexity index is 390. The first kappa shape index (κ1) is 14.8. The molecule has 0 bridgehead atoms. The van der Waals surface area contributed by atoms with Crippen molar-refractivity contribution in [2.45, 2.75) is 39.7 Å². The molecule has 0 saturated carbocycles. The topological polar surface area (TPSA) is 20.3 Å². The molecule has 0 saturated heterocycles. The highest BCUT2D eigenvalue weighted by atomic mass is 19.1. The van der Waals surface area contributed by atoms with Crippen LogP contribution in [0.25, 0.3) is 0 Å². The molecule has 0 spiro atoms. The zero-order chi connectivity index (χ0) is 13.5. The third kappa shape index (κ3) is 4.22. The third-order valence-electron chi connectivity index (χ3n) is 3.04. The van der Waals surface area contributed by atoms with Gasteiger partial charge in [0.05, 0.1) is 5.56 Å². The van der Waals surface area contributed by atoms with Gasteiger partial charge in [0.1, 0.15) is 5.82 Å². The Morgan fingerprint density at radius 2 is 1.94 bits per heavy atom. The van der Waals surface area contributed by atoms with Gasteiger partial charge in [0.25, 0.3) is 0 Å². The van der Waals surface area contributed by atoms with Crippen molar-refractivity contribution in [2.24, 2.45) is 0 Å². The maximum absolute atomic E-state index is 13.4. The highest BCUT2D eigenvalue weighted by molar-refractivity contribution is 5.96. The summed E-state index contributed by atoms with van der Waals surface area (Å²) in [7, 11) is 0. The monoisotopic (exact) mass is 251 g/mol. The van der Waals surface area contributed by atoms with Crippen molar-refractivity contribution in [3.63, 3.8) is 0 Å². The van der Waals surface area contributed by atoms with Crippen LogP contribution in [-0.4, -0.2) is 29.8 Å². The lowest BCUT2D eigenvalue weighted by Crippen LogP contribution is -2.33. The number of carbonyl (C=O) groups excluding carboxylic acids is 1. The van der Waals surface area contributed by atoms with Gasteiger partial charge in [0.2, 0.25) is 0 Å². The van der Waals surface area contributed by atoms with Gasteiger partial charge in [-0.3, -0.25) is 4.79 Å². The molecule has 0 N–H and O–H groups in total. The Labute approximate surface area is 109 Å². The molecular weight excluding hydrogens is 229 g/mol. The zero-order valence-corrected chi connectivity index (χ0v) is 11.4. The molecule has 1 rings (SSSR count). The van der Waals surface area contributed by atoms with Crippen LogP contribution in [0, 0.1) is 5.82 Å². The average molecular weight is 251 g/mol. The van der Waals surface area contributed by atoms with Crippen molar-refractivity contribution in [3.05, 3.63) is 35.6 Å². The second-order valence-electron chi connectivity index (χ2n) is 4.78. The first-order chi connectivity index (χ1) is 8.56. The predicted octanol–water partition coefficient (Wildman–Crippen LogP) is 3.52. The molecule has 0 fully saturated rings. The number of hydrogen-bond acceptors (Lipinski definition) is 2.